The lowest BCUT2D eigenvalue weighted by Crippen LogP contribution is -2.13. The summed E-state index contributed by atoms with van der Waals surface area (Å²) >= 11 is 0. The minimum absolute atomic E-state index is 0.0446. The highest BCUT2D eigenvalue weighted by atomic mass is 32.2. The quantitative estimate of drug-likeness (QED) is 0.851. The summed E-state index contributed by atoms with van der Waals surface area (Å²) in [6.07, 6.45) is 1.33. The molecule has 1 heterocycles. The Morgan fingerprint density at radius 1 is 1.19 bits per heavy atom. The molecule has 0 unspecified atom stereocenters. The summed E-state index contributed by atoms with van der Waals surface area (Å²) in [7, 11) is -3.67. The predicted octanol–water partition coefficient (Wildman–Crippen LogP) is 1.35. The minimum atomic E-state index is -3.67. The Morgan fingerprint density at radius 3 is 2.44 bits per heavy atom. The number of hydrogen-bond donors (Lipinski definition) is 2. The first-order valence-electron chi connectivity index (χ1n) is 4.36. The summed E-state index contributed by atoms with van der Waals surface area (Å²) < 4.78 is 38.2. The maximum absolute atomic E-state index is 12.6. The molecule has 1 aromatic carbocycles. The molecule has 0 spiro atoms. The van der Waals surface area contributed by atoms with E-state index < -0.39 is 15.8 Å². The van der Waals surface area contributed by atoms with Gasteiger partial charge in [-0.2, -0.15) is 13.5 Å². The molecule has 0 fully saturated rings. The van der Waals surface area contributed by atoms with Gasteiger partial charge in [-0.3, -0.25) is 9.82 Å². The summed E-state index contributed by atoms with van der Waals surface area (Å²) in [5.74, 6) is -0.426. The summed E-state index contributed by atoms with van der Waals surface area (Å²) in [5, 5.41) is 5.83. The van der Waals surface area contributed by atoms with E-state index in [4.69, 9.17) is 0 Å². The summed E-state index contributed by atoms with van der Waals surface area (Å²) in [5.41, 5.74) is 0.288. The summed E-state index contributed by atoms with van der Waals surface area (Å²) in [6, 6.07) is 6.34. The molecular weight excluding hydrogens is 233 g/mol. The van der Waals surface area contributed by atoms with Crippen molar-refractivity contribution in [3.05, 3.63) is 42.3 Å². The van der Waals surface area contributed by atoms with E-state index in [0.717, 1.165) is 0 Å². The Bertz CT molecular complexity index is 563. The van der Waals surface area contributed by atoms with Gasteiger partial charge in [0.2, 0.25) is 0 Å². The van der Waals surface area contributed by atoms with E-state index >= 15 is 0 Å². The zero-order valence-corrected chi connectivity index (χ0v) is 8.83. The van der Waals surface area contributed by atoms with Crippen molar-refractivity contribution in [3.63, 3.8) is 0 Å². The molecule has 0 bridgehead atoms. The number of anilines is 1. The van der Waals surface area contributed by atoms with Gasteiger partial charge in [0.1, 0.15) is 5.82 Å². The number of sulfonamides is 1. The Hall–Kier alpha value is -1.89. The Kier molecular flexibility index (Phi) is 2.61. The molecule has 7 heteroatoms. The first-order chi connectivity index (χ1) is 7.58. The third kappa shape index (κ3) is 2.19. The fourth-order valence-electron chi connectivity index (χ4n) is 1.12. The third-order valence-corrected chi connectivity index (χ3v) is 3.17. The molecule has 0 aliphatic heterocycles. The lowest BCUT2D eigenvalue weighted by Gasteiger charge is -2.05. The van der Waals surface area contributed by atoms with Gasteiger partial charge in [-0.25, -0.2) is 4.39 Å². The Morgan fingerprint density at radius 2 is 1.88 bits per heavy atom. The van der Waals surface area contributed by atoms with E-state index in [9.17, 15) is 12.8 Å². The molecule has 0 radical (unpaired) electrons. The van der Waals surface area contributed by atoms with Crippen LogP contribution in [0.4, 0.5) is 10.1 Å². The highest BCUT2D eigenvalue weighted by Crippen LogP contribution is 2.13. The standard InChI is InChI=1S/C9H8FN3O2S/c10-7-1-3-8(4-2-7)13-16(14,15)9-5-6-11-12-9/h1-6,13H,(H,11,12). The number of hydrogen-bond acceptors (Lipinski definition) is 3. The molecule has 0 atom stereocenters. The molecule has 0 amide bonds. The number of rotatable bonds is 3. The molecule has 2 aromatic rings. The van der Waals surface area contributed by atoms with Gasteiger partial charge in [0, 0.05) is 5.69 Å². The fourth-order valence-corrected chi connectivity index (χ4v) is 2.09. The van der Waals surface area contributed by atoms with Crippen LogP contribution in [0.15, 0.2) is 41.6 Å². The van der Waals surface area contributed by atoms with Gasteiger partial charge >= 0.3 is 0 Å². The van der Waals surface area contributed by atoms with E-state index in [1.54, 1.807) is 0 Å². The second-order valence-electron chi connectivity index (χ2n) is 3.03. The Balaban J connectivity index is 2.25. The molecule has 0 saturated carbocycles. The number of H-pyrrole nitrogens is 1. The molecule has 2 N–H and O–H groups in total. The van der Waals surface area contributed by atoms with Crippen LogP contribution in [0.3, 0.4) is 0 Å². The summed E-state index contributed by atoms with van der Waals surface area (Å²) in [6.45, 7) is 0. The van der Waals surface area contributed by atoms with Gasteiger partial charge < -0.3 is 0 Å². The SMILES string of the molecule is O=S(=O)(Nc1ccc(F)cc1)c1ccn[nH]1. The molecule has 0 aliphatic carbocycles. The number of nitrogens with one attached hydrogen (secondary N) is 2. The molecule has 0 saturated heterocycles. The van der Waals surface area contributed by atoms with Crippen LogP contribution in [-0.2, 0) is 10.0 Å². The van der Waals surface area contributed by atoms with Gasteiger partial charge in [-0.1, -0.05) is 0 Å². The summed E-state index contributed by atoms with van der Waals surface area (Å²) in [4.78, 5) is 0. The Labute approximate surface area is 91.4 Å². The van der Waals surface area contributed by atoms with Crippen LogP contribution in [0.2, 0.25) is 0 Å². The van der Waals surface area contributed by atoms with Crippen LogP contribution in [0.1, 0.15) is 0 Å². The van der Waals surface area contributed by atoms with Crippen molar-refractivity contribution < 1.29 is 12.8 Å². The maximum atomic E-state index is 12.6. The first kappa shape index (κ1) is 10.6. The molecule has 16 heavy (non-hydrogen) atoms. The van der Waals surface area contributed by atoms with Crippen molar-refractivity contribution in [1.82, 2.24) is 10.2 Å². The van der Waals surface area contributed by atoms with E-state index in [1.807, 2.05) is 0 Å². The van der Waals surface area contributed by atoms with E-state index in [-0.39, 0.29) is 10.7 Å². The predicted molar refractivity (Wildman–Crippen MR) is 55.8 cm³/mol. The molecular formula is C9H8FN3O2S. The minimum Gasteiger partial charge on any atom is -0.278 e. The zero-order valence-electron chi connectivity index (χ0n) is 8.01. The van der Waals surface area contributed by atoms with Crippen LogP contribution in [0.5, 0.6) is 0 Å². The number of aromatic nitrogens is 2. The lowest BCUT2D eigenvalue weighted by atomic mass is 10.3. The number of nitrogens with zero attached hydrogens (tertiary/aromatic N) is 1. The molecule has 2 rings (SSSR count). The van der Waals surface area contributed by atoms with Crippen LogP contribution < -0.4 is 4.72 Å². The van der Waals surface area contributed by atoms with Gasteiger partial charge in [0.05, 0.1) is 6.20 Å². The molecule has 5 nitrogen and oxygen atoms in total. The number of aromatic amines is 1. The number of halogens is 1. The van der Waals surface area contributed by atoms with Crippen molar-refractivity contribution in [1.29, 1.82) is 0 Å². The van der Waals surface area contributed by atoms with E-state index in [0.29, 0.717) is 0 Å². The van der Waals surface area contributed by atoms with Crippen LogP contribution in [0, 0.1) is 5.82 Å². The van der Waals surface area contributed by atoms with Crippen molar-refractivity contribution in [2.45, 2.75) is 5.03 Å². The van der Waals surface area contributed by atoms with Crippen molar-refractivity contribution in [3.8, 4) is 0 Å². The van der Waals surface area contributed by atoms with Crippen LogP contribution in [0.25, 0.3) is 0 Å². The molecule has 84 valence electrons. The second-order valence-corrected chi connectivity index (χ2v) is 4.68. The second kappa shape index (κ2) is 3.93. The fraction of sp³-hybridized carbons (Fsp3) is 0. The van der Waals surface area contributed by atoms with Crippen molar-refractivity contribution >= 4 is 15.7 Å². The average molecular weight is 241 g/mol. The monoisotopic (exact) mass is 241 g/mol. The first-order valence-corrected chi connectivity index (χ1v) is 5.84. The van der Waals surface area contributed by atoms with Gasteiger partial charge in [-0.15, -0.1) is 0 Å². The smallest absolute Gasteiger partial charge is 0.278 e. The van der Waals surface area contributed by atoms with Crippen molar-refractivity contribution in [2.75, 3.05) is 4.72 Å². The highest BCUT2D eigenvalue weighted by molar-refractivity contribution is 7.92. The normalized spacial score (nSPS) is 11.3. The zero-order chi connectivity index (χ0) is 11.6. The maximum Gasteiger partial charge on any atom is 0.278 e. The highest BCUT2D eigenvalue weighted by Gasteiger charge is 2.14. The molecule has 1 aromatic heterocycles. The lowest BCUT2D eigenvalue weighted by molar-refractivity contribution is 0.597. The average Bonchev–Trinajstić information content (AvgIpc) is 2.75. The van der Waals surface area contributed by atoms with E-state index in [1.165, 1.54) is 36.5 Å². The number of benzene rings is 1. The van der Waals surface area contributed by atoms with Crippen molar-refractivity contribution in [2.24, 2.45) is 0 Å². The van der Waals surface area contributed by atoms with Gasteiger partial charge in [0.15, 0.2) is 5.03 Å². The third-order valence-electron chi connectivity index (χ3n) is 1.86. The molecule has 0 aliphatic rings. The van der Waals surface area contributed by atoms with Gasteiger partial charge in [0.25, 0.3) is 10.0 Å². The largest absolute Gasteiger partial charge is 0.278 e. The van der Waals surface area contributed by atoms with Crippen LogP contribution in [-0.4, -0.2) is 18.6 Å². The van der Waals surface area contributed by atoms with E-state index in [2.05, 4.69) is 14.9 Å². The van der Waals surface area contributed by atoms with Crippen LogP contribution >= 0.6 is 0 Å². The topological polar surface area (TPSA) is 74.8 Å². The van der Waals surface area contributed by atoms with Gasteiger partial charge in [-0.05, 0) is 30.3 Å².